The predicted octanol–water partition coefficient (Wildman–Crippen LogP) is 5.22. The van der Waals surface area contributed by atoms with E-state index in [0.29, 0.717) is 33.3 Å². The number of phosphoric ester groups is 1. The van der Waals surface area contributed by atoms with Gasteiger partial charge in [-0.25, -0.2) is 4.57 Å². The standard InChI is InChI=1S/C21H34Cl2NO7P.H2O/c1-24(2,3)16-17(15-20(25)26)31-32(27,28)30-14-9-7-5-4-6-8-13-29-19-12-10-11-18(22)21(19)23;/h10-12,17H,4-9,13-16H2,1-3H3,(H-,25,26,27,28);1H2/t17-;/m1./s1. The average molecular weight is 532 g/mol. The van der Waals surface area contributed by atoms with E-state index in [1.807, 2.05) is 21.1 Å². The van der Waals surface area contributed by atoms with Gasteiger partial charge in [0.05, 0.1) is 45.8 Å². The number of rotatable bonds is 17. The first-order valence-electron chi connectivity index (χ1n) is 10.6. The molecule has 9 nitrogen and oxygen atoms in total. The van der Waals surface area contributed by atoms with Gasteiger partial charge in [0.25, 0.3) is 0 Å². The number of hydrogen-bond acceptors (Lipinski definition) is 6. The van der Waals surface area contributed by atoms with Gasteiger partial charge in [-0.1, -0.05) is 55.0 Å². The van der Waals surface area contributed by atoms with Crippen molar-refractivity contribution in [1.82, 2.24) is 0 Å². The van der Waals surface area contributed by atoms with Gasteiger partial charge in [0.1, 0.15) is 23.4 Å². The van der Waals surface area contributed by atoms with Crippen LogP contribution < -0.4 is 4.74 Å². The molecule has 0 aliphatic heterocycles. The fraction of sp³-hybridized carbons (Fsp3) is 0.667. The molecule has 0 saturated carbocycles. The zero-order valence-corrected chi connectivity index (χ0v) is 21.8. The highest BCUT2D eigenvalue weighted by atomic mass is 35.5. The maximum atomic E-state index is 12.1. The largest absolute Gasteiger partial charge is 0.870 e. The Labute approximate surface area is 206 Å². The molecule has 0 radical (unpaired) electrons. The van der Waals surface area contributed by atoms with E-state index in [1.165, 1.54) is 0 Å². The first-order valence-corrected chi connectivity index (χ1v) is 12.9. The maximum Gasteiger partial charge on any atom is 0.472 e. The Kier molecular flexibility index (Phi) is 15.5. The summed E-state index contributed by atoms with van der Waals surface area (Å²) in [5, 5.41) is 9.88. The number of phosphoric acid groups is 1. The van der Waals surface area contributed by atoms with Crippen LogP contribution in [0.15, 0.2) is 18.2 Å². The molecule has 1 aromatic carbocycles. The Morgan fingerprint density at radius 1 is 1.06 bits per heavy atom. The lowest BCUT2D eigenvalue weighted by molar-refractivity contribution is -0.873. The highest BCUT2D eigenvalue weighted by Gasteiger charge is 2.31. The van der Waals surface area contributed by atoms with E-state index in [2.05, 4.69) is 0 Å². The van der Waals surface area contributed by atoms with E-state index < -0.39 is 19.9 Å². The summed E-state index contributed by atoms with van der Waals surface area (Å²) in [5.41, 5.74) is 0. The Balaban J connectivity index is 0.0000102. The summed E-state index contributed by atoms with van der Waals surface area (Å²) in [7, 11) is 1.23. The van der Waals surface area contributed by atoms with Gasteiger partial charge in [-0.15, -0.1) is 0 Å². The number of carboxylic acids is 1. The quantitative estimate of drug-likeness (QED) is 0.159. The second kappa shape index (κ2) is 15.9. The summed E-state index contributed by atoms with van der Waals surface area (Å²) in [6, 6.07) is 5.28. The molecule has 12 heteroatoms. The lowest BCUT2D eigenvalue weighted by Gasteiger charge is -2.29. The SMILES string of the molecule is C[N+](C)(C)C[C@@H](CC(=O)O)OP(=O)(O)OCCCCCCCCOc1cccc(Cl)c1Cl.[OH-]. The number of unbranched alkanes of at least 4 members (excludes halogenated alkanes) is 5. The van der Waals surface area contributed by atoms with E-state index in [-0.39, 0.29) is 25.0 Å². The van der Waals surface area contributed by atoms with Crippen LogP contribution in [0.2, 0.25) is 10.0 Å². The summed E-state index contributed by atoms with van der Waals surface area (Å²) in [6.45, 7) is 0.904. The van der Waals surface area contributed by atoms with Crippen molar-refractivity contribution in [2.75, 3.05) is 40.9 Å². The Morgan fingerprint density at radius 2 is 1.64 bits per heavy atom. The van der Waals surface area contributed by atoms with Crippen LogP contribution in [0.4, 0.5) is 0 Å². The molecule has 2 atom stereocenters. The topological polar surface area (TPSA) is 132 Å². The lowest BCUT2D eigenvalue weighted by atomic mass is 10.1. The molecule has 0 fully saturated rings. The molecule has 0 aromatic heterocycles. The number of halogens is 2. The van der Waals surface area contributed by atoms with Gasteiger partial charge in [-0.2, -0.15) is 0 Å². The smallest absolute Gasteiger partial charge is 0.472 e. The maximum absolute atomic E-state index is 12.1. The van der Waals surface area contributed by atoms with Crippen molar-refractivity contribution < 1.29 is 43.1 Å². The molecule has 0 bridgehead atoms. The molecule has 0 aliphatic rings. The van der Waals surface area contributed by atoms with Gasteiger partial charge in [-0.05, 0) is 25.0 Å². The normalized spacial score (nSPS) is 14.2. The Bertz CT molecular complexity index is 760. The van der Waals surface area contributed by atoms with E-state index in [4.69, 9.17) is 42.1 Å². The monoisotopic (exact) mass is 531 g/mol. The molecule has 0 heterocycles. The molecule has 1 unspecified atom stereocenters. The average Bonchev–Trinajstić information content (AvgIpc) is 2.64. The van der Waals surface area contributed by atoms with Gasteiger partial charge >= 0.3 is 13.8 Å². The van der Waals surface area contributed by atoms with Crippen LogP contribution in [0, 0.1) is 0 Å². The minimum atomic E-state index is -4.31. The molecule has 3 N–H and O–H groups in total. The minimum Gasteiger partial charge on any atom is -0.870 e. The van der Waals surface area contributed by atoms with Crippen molar-refractivity contribution in [2.45, 2.75) is 51.0 Å². The van der Waals surface area contributed by atoms with E-state index >= 15 is 0 Å². The minimum absolute atomic E-state index is 0. The molecule has 1 aromatic rings. The summed E-state index contributed by atoms with van der Waals surface area (Å²) >= 11 is 12.0. The van der Waals surface area contributed by atoms with Gasteiger partial charge < -0.3 is 24.7 Å². The first kappa shape index (κ1) is 32.1. The summed E-state index contributed by atoms with van der Waals surface area (Å²) in [5.74, 6) is -0.511. The van der Waals surface area contributed by atoms with Crippen LogP contribution in [0.5, 0.6) is 5.75 Å². The third kappa shape index (κ3) is 15.6. The second-order valence-electron chi connectivity index (χ2n) is 8.62. The van der Waals surface area contributed by atoms with Crippen LogP contribution in [-0.4, -0.2) is 72.9 Å². The second-order valence-corrected chi connectivity index (χ2v) is 10.8. The molecule has 0 amide bonds. The van der Waals surface area contributed by atoms with Crippen molar-refractivity contribution in [1.29, 1.82) is 0 Å². The van der Waals surface area contributed by atoms with Gasteiger partial charge in [-0.3, -0.25) is 13.8 Å². The number of likely N-dealkylation sites (N-methyl/N-ethyl adjacent to an activating group) is 1. The molecule has 0 aliphatic carbocycles. The van der Waals surface area contributed by atoms with Gasteiger partial charge in [0.2, 0.25) is 0 Å². The van der Waals surface area contributed by atoms with Crippen LogP contribution in [0.25, 0.3) is 0 Å². The number of ether oxygens (including phenoxy) is 1. The van der Waals surface area contributed by atoms with Crippen LogP contribution in [0.3, 0.4) is 0 Å². The zero-order valence-electron chi connectivity index (χ0n) is 19.4. The van der Waals surface area contributed by atoms with Gasteiger partial charge in [0.15, 0.2) is 0 Å². The number of benzene rings is 1. The van der Waals surface area contributed by atoms with Crippen LogP contribution in [0.1, 0.15) is 44.9 Å². The summed E-state index contributed by atoms with van der Waals surface area (Å²) in [4.78, 5) is 20.9. The zero-order chi connectivity index (χ0) is 24.2. The molecule has 0 spiro atoms. The molecule has 33 heavy (non-hydrogen) atoms. The fourth-order valence-electron chi connectivity index (χ4n) is 3.03. The lowest BCUT2D eigenvalue weighted by Crippen LogP contribution is -2.42. The fourth-order valence-corrected chi connectivity index (χ4v) is 4.31. The van der Waals surface area contributed by atoms with Crippen molar-refractivity contribution in [3.63, 3.8) is 0 Å². The number of carbonyl (C=O) groups is 1. The number of nitrogens with zero attached hydrogens (tertiary/aromatic N) is 1. The summed E-state index contributed by atoms with van der Waals surface area (Å²) < 4.78 is 28.3. The molecular formula is C21H36Cl2NO8P. The van der Waals surface area contributed by atoms with Crippen molar-refractivity contribution in [3.05, 3.63) is 28.2 Å². The van der Waals surface area contributed by atoms with Crippen LogP contribution >= 0.6 is 31.0 Å². The number of quaternary nitrogens is 1. The third-order valence-corrected chi connectivity index (χ3v) is 6.28. The number of carboxylic acid groups (broad SMARTS) is 1. The van der Waals surface area contributed by atoms with Gasteiger partial charge in [0, 0.05) is 0 Å². The van der Waals surface area contributed by atoms with E-state index in [1.54, 1.807) is 18.2 Å². The van der Waals surface area contributed by atoms with Crippen molar-refractivity contribution >= 4 is 37.0 Å². The third-order valence-electron chi connectivity index (χ3n) is 4.40. The highest BCUT2D eigenvalue weighted by molar-refractivity contribution is 7.47. The molecule has 1 rings (SSSR count). The van der Waals surface area contributed by atoms with E-state index in [0.717, 1.165) is 32.1 Å². The highest BCUT2D eigenvalue weighted by Crippen LogP contribution is 2.45. The number of aliphatic carboxylic acids is 1. The molecule has 0 saturated heterocycles. The Hall–Kier alpha value is -0.900. The van der Waals surface area contributed by atoms with Crippen molar-refractivity contribution in [2.24, 2.45) is 0 Å². The molecular weight excluding hydrogens is 496 g/mol. The molecule has 192 valence electrons. The van der Waals surface area contributed by atoms with Crippen LogP contribution in [-0.2, 0) is 18.4 Å². The van der Waals surface area contributed by atoms with E-state index in [9.17, 15) is 14.3 Å². The summed E-state index contributed by atoms with van der Waals surface area (Å²) in [6.07, 6.45) is 4.02. The van der Waals surface area contributed by atoms with Crippen molar-refractivity contribution in [3.8, 4) is 5.75 Å². The predicted molar refractivity (Wildman–Crippen MR) is 127 cm³/mol. The Morgan fingerprint density at radius 3 is 2.21 bits per heavy atom. The number of hydrogen-bond donors (Lipinski definition) is 2. The first-order chi connectivity index (χ1) is 14.9.